The fourth-order valence-corrected chi connectivity index (χ4v) is 7.15. The number of rotatable bonds is 1. The topological polar surface area (TPSA) is 54.4 Å². The summed E-state index contributed by atoms with van der Waals surface area (Å²) in [5.74, 6) is 1.90. The van der Waals surface area contributed by atoms with E-state index < -0.39 is 5.60 Å². The summed E-state index contributed by atoms with van der Waals surface area (Å²) in [4.78, 5) is 24.1. The first-order chi connectivity index (χ1) is 11.2. The molecule has 4 aliphatic rings. The van der Waals surface area contributed by atoms with Crippen molar-refractivity contribution in [2.75, 3.05) is 0 Å². The van der Waals surface area contributed by atoms with Gasteiger partial charge in [0.1, 0.15) is 5.60 Å². The average molecular weight is 330 g/mol. The Bertz CT molecular complexity index is 635. The van der Waals surface area contributed by atoms with Crippen molar-refractivity contribution in [2.24, 2.45) is 28.6 Å². The van der Waals surface area contributed by atoms with E-state index in [1.807, 2.05) is 6.08 Å². The Morgan fingerprint density at radius 1 is 1.08 bits per heavy atom. The number of allylic oxidation sites excluding steroid dienone is 1. The van der Waals surface area contributed by atoms with Gasteiger partial charge in [0.15, 0.2) is 11.6 Å². The predicted octanol–water partition coefficient (Wildman–Crippen LogP) is 3.84. The lowest BCUT2D eigenvalue weighted by molar-refractivity contribution is -0.160. The molecule has 0 heterocycles. The second-order valence-electron chi connectivity index (χ2n) is 9.38. The monoisotopic (exact) mass is 330 g/mol. The molecule has 132 valence electrons. The summed E-state index contributed by atoms with van der Waals surface area (Å²) in [6, 6.07) is 0. The Labute approximate surface area is 144 Å². The summed E-state index contributed by atoms with van der Waals surface area (Å²) in [7, 11) is 0. The fraction of sp³-hybridized carbons (Fsp3) is 0.810. The summed E-state index contributed by atoms with van der Waals surface area (Å²) < 4.78 is 0. The van der Waals surface area contributed by atoms with Crippen LogP contribution in [0.1, 0.15) is 72.1 Å². The second kappa shape index (κ2) is 5.03. The number of ketones is 2. The summed E-state index contributed by atoms with van der Waals surface area (Å²) in [5, 5.41) is 11.1. The molecule has 6 atom stereocenters. The van der Waals surface area contributed by atoms with E-state index >= 15 is 0 Å². The molecule has 1 N–H and O–H groups in total. The molecule has 3 fully saturated rings. The molecule has 0 unspecified atom stereocenters. The van der Waals surface area contributed by atoms with Crippen molar-refractivity contribution < 1.29 is 14.7 Å². The molecule has 4 rings (SSSR count). The minimum Gasteiger partial charge on any atom is -0.382 e. The molecule has 0 bridgehead atoms. The molecule has 3 saturated carbocycles. The van der Waals surface area contributed by atoms with Crippen LogP contribution in [-0.4, -0.2) is 22.3 Å². The number of carbonyl (C=O) groups is 2. The Hall–Kier alpha value is -0.960. The summed E-state index contributed by atoms with van der Waals surface area (Å²) in [6.07, 6.45) is 9.37. The molecule has 0 saturated heterocycles. The smallest absolute Gasteiger partial charge is 0.161 e. The maximum Gasteiger partial charge on any atom is 0.161 e. The van der Waals surface area contributed by atoms with Crippen molar-refractivity contribution in [3.05, 3.63) is 11.6 Å². The zero-order valence-electron chi connectivity index (χ0n) is 15.2. The Morgan fingerprint density at radius 3 is 2.50 bits per heavy atom. The van der Waals surface area contributed by atoms with Gasteiger partial charge in [0.05, 0.1) is 0 Å². The number of hydrogen-bond donors (Lipinski definition) is 1. The van der Waals surface area contributed by atoms with Crippen LogP contribution in [-0.2, 0) is 9.59 Å². The maximum atomic E-state index is 12.2. The number of hydrogen-bond acceptors (Lipinski definition) is 3. The average Bonchev–Trinajstić information content (AvgIpc) is 2.81. The van der Waals surface area contributed by atoms with Gasteiger partial charge in [0.2, 0.25) is 0 Å². The standard InChI is InChI=1S/C21H30O3/c1-13(22)21(24)11-8-18-16-5-4-14-12-15(23)6-9-19(14,2)17(16)7-10-20(18,21)3/h12,16-18,24H,4-11H2,1-3H3/t16-,17+,18-,19-,20-,21-/m0/s1. The highest BCUT2D eigenvalue weighted by atomic mass is 16.3. The van der Waals surface area contributed by atoms with E-state index in [1.54, 1.807) is 6.92 Å². The van der Waals surface area contributed by atoms with Crippen molar-refractivity contribution in [3.8, 4) is 0 Å². The minimum atomic E-state index is -1.12. The number of carbonyl (C=O) groups excluding carboxylic acids is 2. The third-order valence-corrected chi connectivity index (χ3v) is 8.70. The number of aliphatic hydroxyl groups is 1. The van der Waals surface area contributed by atoms with Crippen molar-refractivity contribution >= 4 is 11.6 Å². The molecule has 4 aliphatic carbocycles. The van der Waals surface area contributed by atoms with Crippen LogP contribution in [0.15, 0.2) is 11.6 Å². The quantitative estimate of drug-likeness (QED) is 0.795. The van der Waals surface area contributed by atoms with Gasteiger partial charge in [-0.25, -0.2) is 0 Å². The van der Waals surface area contributed by atoms with E-state index in [0.29, 0.717) is 36.4 Å². The molecule has 0 aromatic carbocycles. The Balaban J connectivity index is 1.70. The third-order valence-electron chi connectivity index (χ3n) is 8.70. The van der Waals surface area contributed by atoms with E-state index in [1.165, 1.54) is 5.57 Å². The van der Waals surface area contributed by atoms with E-state index in [2.05, 4.69) is 13.8 Å². The SMILES string of the molecule is CC(=O)[C@@]1(O)CC[C@H]2[C@H]3CCC4=CC(=O)CC[C@]4(C)[C@@H]3CC[C@@]21C. The van der Waals surface area contributed by atoms with Gasteiger partial charge in [-0.2, -0.15) is 0 Å². The normalized spacial score (nSPS) is 50.6. The van der Waals surface area contributed by atoms with Crippen molar-refractivity contribution in [1.82, 2.24) is 0 Å². The maximum absolute atomic E-state index is 12.2. The lowest BCUT2D eigenvalue weighted by Gasteiger charge is -2.58. The molecule has 0 aromatic heterocycles. The van der Waals surface area contributed by atoms with E-state index in [0.717, 1.165) is 38.5 Å². The van der Waals surface area contributed by atoms with Gasteiger partial charge in [-0.15, -0.1) is 0 Å². The van der Waals surface area contributed by atoms with E-state index in [-0.39, 0.29) is 16.6 Å². The summed E-state index contributed by atoms with van der Waals surface area (Å²) >= 11 is 0. The summed E-state index contributed by atoms with van der Waals surface area (Å²) in [6.45, 7) is 6.10. The molecule has 3 nitrogen and oxygen atoms in total. The van der Waals surface area contributed by atoms with Gasteiger partial charge < -0.3 is 5.11 Å². The molecular formula is C21H30O3. The first kappa shape index (κ1) is 16.5. The molecule has 0 amide bonds. The zero-order chi connectivity index (χ0) is 17.3. The molecule has 24 heavy (non-hydrogen) atoms. The molecule has 0 aliphatic heterocycles. The highest BCUT2D eigenvalue weighted by Crippen LogP contribution is 2.67. The van der Waals surface area contributed by atoms with E-state index in [4.69, 9.17) is 0 Å². The molecular weight excluding hydrogens is 300 g/mol. The van der Waals surface area contributed by atoms with Crippen LogP contribution in [0.3, 0.4) is 0 Å². The number of fused-ring (bicyclic) bond motifs is 5. The van der Waals surface area contributed by atoms with Crippen molar-refractivity contribution in [3.63, 3.8) is 0 Å². The Morgan fingerprint density at radius 2 is 1.79 bits per heavy atom. The largest absolute Gasteiger partial charge is 0.382 e. The first-order valence-corrected chi connectivity index (χ1v) is 9.70. The van der Waals surface area contributed by atoms with Crippen LogP contribution in [0, 0.1) is 28.6 Å². The van der Waals surface area contributed by atoms with Gasteiger partial charge in [-0.1, -0.05) is 19.4 Å². The molecule has 0 aromatic rings. The molecule has 0 radical (unpaired) electrons. The molecule has 0 spiro atoms. The highest BCUT2D eigenvalue weighted by Gasteiger charge is 2.65. The molecule has 3 heteroatoms. The Kier molecular flexibility index (Phi) is 3.46. The van der Waals surface area contributed by atoms with Crippen molar-refractivity contribution in [1.29, 1.82) is 0 Å². The van der Waals surface area contributed by atoms with E-state index in [9.17, 15) is 14.7 Å². The predicted molar refractivity (Wildman–Crippen MR) is 92.3 cm³/mol. The number of Topliss-reactive ketones (excluding diaryl/α,β-unsaturated/α-hetero) is 1. The summed E-state index contributed by atoms with van der Waals surface area (Å²) in [5.41, 5.74) is 0.155. The highest BCUT2D eigenvalue weighted by molar-refractivity contribution is 5.91. The second-order valence-corrected chi connectivity index (χ2v) is 9.38. The van der Waals surface area contributed by atoms with Gasteiger partial charge in [0.25, 0.3) is 0 Å². The zero-order valence-corrected chi connectivity index (χ0v) is 15.2. The van der Waals surface area contributed by atoms with Crippen LogP contribution >= 0.6 is 0 Å². The van der Waals surface area contributed by atoms with Crippen LogP contribution in [0.2, 0.25) is 0 Å². The van der Waals surface area contributed by atoms with Gasteiger partial charge >= 0.3 is 0 Å². The minimum absolute atomic E-state index is 0.0446. The van der Waals surface area contributed by atoms with Gasteiger partial charge in [-0.05, 0) is 81.1 Å². The van der Waals surface area contributed by atoms with Gasteiger partial charge in [-0.3, -0.25) is 9.59 Å². The lowest BCUT2D eigenvalue weighted by atomic mass is 9.46. The third kappa shape index (κ3) is 1.88. The van der Waals surface area contributed by atoms with Crippen LogP contribution in [0.5, 0.6) is 0 Å². The lowest BCUT2D eigenvalue weighted by Crippen LogP contribution is -2.57. The fourth-order valence-electron chi connectivity index (χ4n) is 7.15. The van der Waals surface area contributed by atoms with Gasteiger partial charge in [0, 0.05) is 11.8 Å². The van der Waals surface area contributed by atoms with Crippen molar-refractivity contribution in [2.45, 2.75) is 77.7 Å². The van der Waals surface area contributed by atoms with Crippen LogP contribution < -0.4 is 0 Å². The van der Waals surface area contributed by atoms with Crippen LogP contribution in [0.25, 0.3) is 0 Å². The first-order valence-electron chi connectivity index (χ1n) is 9.70. The van der Waals surface area contributed by atoms with Crippen LogP contribution in [0.4, 0.5) is 0 Å².